The van der Waals surface area contributed by atoms with Crippen molar-refractivity contribution in [2.45, 2.75) is 38.8 Å². The minimum atomic E-state index is -0.687. The highest BCUT2D eigenvalue weighted by Crippen LogP contribution is 2.14. The number of carbonyl (C=O) groups is 2. The lowest BCUT2D eigenvalue weighted by molar-refractivity contribution is -0.130. The molecule has 1 aromatic carbocycles. The third kappa shape index (κ3) is 6.59. The van der Waals surface area contributed by atoms with Crippen LogP contribution in [0, 0.1) is 0 Å². The Hall–Kier alpha value is -2.24. The fourth-order valence-electron chi connectivity index (χ4n) is 1.96. The Kier molecular flexibility index (Phi) is 6.42. The number of amides is 2. The van der Waals surface area contributed by atoms with Gasteiger partial charge in [0, 0.05) is 20.5 Å². The normalized spacial score (nSPS) is 12.3. The van der Waals surface area contributed by atoms with Crippen molar-refractivity contribution < 1.29 is 19.1 Å². The molecule has 0 aliphatic heterocycles. The van der Waals surface area contributed by atoms with Crippen LogP contribution in [0.3, 0.4) is 0 Å². The summed E-state index contributed by atoms with van der Waals surface area (Å²) in [6, 6.07) is 6.69. The van der Waals surface area contributed by atoms with E-state index in [1.54, 1.807) is 42.0 Å². The van der Waals surface area contributed by atoms with Gasteiger partial charge in [-0.25, -0.2) is 4.79 Å². The minimum absolute atomic E-state index is 0.188. The molecule has 23 heavy (non-hydrogen) atoms. The van der Waals surface area contributed by atoms with Crippen LogP contribution in [0.1, 0.15) is 26.3 Å². The third-order valence-corrected chi connectivity index (χ3v) is 3.03. The molecule has 0 aliphatic carbocycles. The predicted octanol–water partition coefficient (Wildman–Crippen LogP) is 2.22. The molecule has 1 rings (SSSR count). The molecule has 1 unspecified atom stereocenters. The van der Waals surface area contributed by atoms with Gasteiger partial charge in [0.05, 0.1) is 7.11 Å². The van der Waals surface area contributed by atoms with Crippen LogP contribution in [0.2, 0.25) is 0 Å². The Balaban J connectivity index is 2.83. The zero-order valence-electron chi connectivity index (χ0n) is 14.7. The maximum absolute atomic E-state index is 12.3. The van der Waals surface area contributed by atoms with Crippen molar-refractivity contribution in [3.63, 3.8) is 0 Å². The van der Waals surface area contributed by atoms with E-state index in [-0.39, 0.29) is 5.91 Å². The van der Waals surface area contributed by atoms with Crippen molar-refractivity contribution in [2.75, 3.05) is 21.2 Å². The highest BCUT2D eigenvalue weighted by Gasteiger charge is 2.25. The molecule has 0 heterocycles. The summed E-state index contributed by atoms with van der Waals surface area (Å²) < 4.78 is 10.3. The van der Waals surface area contributed by atoms with E-state index in [0.717, 1.165) is 11.3 Å². The predicted molar refractivity (Wildman–Crippen MR) is 88.5 cm³/mol. The second kappa shape index (κ2) is 7.85. The molecule has 0 saturated heterocycles. The molecule has 0 aromatic heterocycles. The second-order valence-corrected chi connectivity index (χ2v) is 6.48. The topological polar surface area (TPSA) is 67.9 Å². The van der Waals surface area contributed by atoms with Crippen molar-refractivity contribution in [3.8, 4) is 5.75 Å². The average Bonchev–Trinajstić information content (AvgIpc) is 2.44. The monoisotopic (exact) mass is 322 g/mol. The molecule has 2 amide bonds. The Labute approximate surface area is 137 Å². The Morgan fingerprint density at radius 2 is 1.74 bits per heavy atom. The largest absolute Gasteiger partial charge is 0.497 e. The molecule has 0 saturated carbocycles. The summed E-state index contributed by atoms with van der Waals surface area (Å²) >= 11 is 0. The number of benzene rings is 1. The van der Waals surface area contributed by atoms with E-state index in [4.69, 9.17) is 9.47 Å². The van der Waals surface area contributed by atoms with Crippen molar-refractivity contribution in [3.05, 3.63) is 29.8 Å². The molecule has 1 N–H and O–H groups in total. The van der Waals surface area contributed by atoms with Crippen LogP contribution in [0.25, 0.3) is 0 Å². The van der Waals surface area contributed by atoms with Gasteiger partial charge >= 0.3 is 6.09 Å². The molecule has 0 radical (unpaired) electrons. The molecular formula is C17H26N2O4. The van der Waals surface area contributed by atoms with E-state index in [9.17, 15) is 9.59 Å². The zero-order valence-corrected chi connectivity index (χ0v) is 14.7. The van der Waals surface area contributed by atoms with Crippen LogP contribution < -0.4 is 10.1 Å². The van der Waals surface area contributed by atoms with Crippen molar-refractivity contribution in [1.82, 2.24) is 10.2 Å². The number of hydrogen-bond acceptors (Lipinski definition) is 4. The quantitative estimate of drug-likeness (QED) is 0.902. The summed E-state index contributed by atoms with van der Waals surface area (Å²) in [5, 5.41) is 2.65. The van der Waals surface area contributed by atoms with Crippen LogP contribution >= 0.6 is 0 Å². The SMILES string of the molecule is COc1ccc(CC(NC(=O)OC(C)(C)C)C(=O)N(C)C)cc1. The van der Waals surface area contributed by atoms with Gasteiger partial charge in [-0.1, -0.05) is 12.1 Å². The maximum Gasteiger partial charge on any atom is 0.408 e. The average molecular weight is 322 g/mol. The lowest BCUT2D eigenvalue weighted by Crippen LogP contribution is -2.48. The van der Waals surface area contributed by atoms with Crippen LogP contribution in [0.15, 0.2) is 24.3 Å². The standard InChI is InChI=1S/C17H26N2O4/c1-17(2,3)23-16(21)18-14(15(20)19(4)5)11-12-7-9-13(22-6)10-8-12/h7-10,14H,11H2,1-6H3,(H,18,21). The lowest BCUT2D eigenvalue weighted by atomic mass is 10.0. The molecule has 128 valence electrons. The highest BCUT2D eigenvalue weighted by molar-refractivity contribution is 5.85. The van der Waals surface area contributed by atoms with Gasteiger partial charge in [-0.05, 0) is 38.5 Å². The first-order chi connectivity index (χ1) is 10.6. The zero-order chi connectivity index (χ0) is 17.6. The van der Waals surface area contributed by atoms with Gasteiger partial charge in [-0.3, -0.25) is 4.79 Å². The highest BCUT2D eigenvalue weighted by atomic mass is 16.6. The second-order valence-electron chi connectivity index (χ2n) is 6.48. The van der Waals surface area contributed by atoms with Gasteiger partial charge in [0.25, 0.3) is 0 Å². The van der Waals surface area contributed by atoms with Gasteiger partial charge in [-0.2, -0.15) is 0 Å². The van der Waals surface area contributed by atoms with E-state index >= 15 is 0 Å². The van der Waals surface area contributed by atoms with E-state index < -0.39 is 17.7 Å². The number of carbonyl (C=O) groups excluding carboxylic acids is 2. The summed E-state index contributed by atoms with van der Waals surface area (Å²) in [6.45, 7) is 5.33. The van der Waals surface area contributed by atoms with Crippen LogP contribution in [-0.4, -0.2) is 49.7 Å². The lowest BCUT2D eigenvalue weighted by Gasteiger charge is -2.25. The number of hydrogen-bond donors (Lipinski definition) is 1. The third-order valence-electron chi connectivity index (χ3n) is 3.03. The fourth-order valence-corrected chi connectivity index (χ4v) is 1.96. The molecule has 6 heteroatoms. The first-order valence-electron chi connectivity index (χ1n) is 7.46. The van der Waals surface area contributed by atoms with Gasteiger partial charge in [0.2, 0.25) is 5.91 Å². The summed E-state index contributed by atoms with van der Waals surface area (Å²) in [4.78, 5) is 25.7. The minimum Gasteiger partial charge on any atom is -0.497 e. The van der Waals surface area contributed by atoms with Crippen molar-refractivity contribution >= 4 is 12.0 Å². The maximum atomic E-state index is 12.3. The summed E-state index contributed by atoms with van der Waals surface area (Å²) in [6.07, 6.45) is -0.230. The van der Waals surface area contributed by atoms with Gasteiger partial charge in [0.1, 0.15) is 17.4 Å². The van der Waals surface area contributed by atoms with E-state index in [1.807, 2.05) is 24.3 Å². The Morgan fingerprint density at radius 3 is 2.17 bits per heavy atom. The van der Waals surface area contributed by atoms with Crippen LogP contribution in [0.4, 0.5) is 4.79 Å². The number of ether oxygens (including phenoxy) is 2. The first kappa shape index (κ1) is 18.8. The molecule has 6 nitrogen and oxygen atoms in total. The number of nitrogens with one attached hydrogen (secondary N) is 1. The molecular weight excluding hydrogens is 296 g/mol. The summed E-state index contributed by atoms with van der Waals surface area (Å²) in [7, 11) is 4.90. The van der Waals surface area contributed by atoms with Gasteiger partial charge in [-0.15, -0.1) is 0 Å². The van der Waals surface area contributed by atoms with E-state index in [0.29, 0.717) is 6.42 Å². The van der Waals surface area contributed by atoms with Gasteiger partial charge in [0.15, 0.2) is 0 Å². The van der Waals surface area contributed by atoms with Crippen LogP contribution in [0.5, 0.6) is 5.75 Å². The summed E-state index contributed by atoms with van der Waals surface area (Å²) in [5.74, 6) is 0.552. The molecule has 0 aliphatic rings. The number of rotatable bonds is 5. The Bertz CT molecular complexity index is 533. The first-order valence-corrected chi connectivity index (χ1v) is 7.46. The van der Waals surface area contributed by atoms with E-state index in [2.05, 4.69) is 5.32 Å². The Morgan fingerprint density at radius 1 is 1.17 bits per heavy atom. The molecule has 0 fully saturated rings. The number of methoxy groups -OCH3 is 1. The molecule has 1 atom stereocenters. The molecule has 1 aromatic rings. The van der Waals surface area contributed by atoms with Crippen molar-refractivity contribution in [1.29, 1.82) is 0 Å². The van der Waals surface area contributed by atoms with Gasteiger partial charge < -0.3 is 19.7 Å². The fraction of sp³-hybridized carbons (Fsp3) is 0.529. The number of alkyl carbamates (subject to hydrolysis) is 1. The molecule has 0 bridgehead atoms. The summed E-state index contributed by atoms with van der Waals surface area (Å²) in [5.41, 5.74) is 0.303. The van der Waals surface area contributed by atoms with E-state index in [1.165, 1.54) is 4.90 Å². The smallest absolute Gasteiger partial charge is 0.408 e. The van der Waals surface area contributed by atoms with Crippen molar-refractivity contribution in [2.24, 2.45) is 0 Å². The number of nitrogens with zero attached hydrogens (tertiary/aromatic N) is 1. The number of likely N-dealkylation sites (N-methyl/N-ethyl adjacent to an activating group) is 1. The molecule has 0 spiro atoms. The van der Waals surface area contributed by atoms with Crippen LogP contribution in [-0.2, 0) is 16.0 Å².